The summed E-state index contributed by atoms with van der Waals surface area (Å²) in [6, 6.07) is 12.1. The van der Waals surface area contributed by atoms with Crippen LogP contribution in [-0.4, -0.2) is 48.2 Å². The predicted octanol–water partition coefficient (Wildman–Crippen LogP) is 2.70. The summed E-state index contributed by atoms with van der Waals surface area (Å²) in [5.41, 5.74) is 1.37. The fourth-order valence-corrected chi connectivity index (χ4v) is 5.11. The highest BCUT2D eigenvalue weighted by Gasteiger charge is 2.45. The SMILES string of the molecule is Cc1cc(CCCc2ccccc2)oc(=O)c1C(=O)N1CC[C@@]2(CO)CCCN[C@@H]2C1. The maximum atomic E-state index is 13.2. The van der Waals surface area contributed by atoms with E-state index >= 15 is 0 Å². The number of hydrogen-bond donors (Lipinski definition) is 2. The lowest BCUT2D eigenvalue weighted by molar-refractivity contribution is -0.00897. The number of piperidine rings is 2. The van der Waals surface area contributed by atoms with Crippen molar-refractivity contribution in [1.29, 1.82) is 0 Å². The van der Waals surface area contributed by atoms with Crippen LogP contribution in [0.2, 0.25) is 0 Å². The summed E-state index contributed by atoms with van der Waals surface area (Å²) in [7, 11) is 0. The van der Waals surface area contributed by atoms with Crippen LogP contribution < -0.4 is 10.9 Å². The molecule has 2 atom stereocenters. The summed E-state index contributed by atoms with van der Waals surface area (Å²) < 4.78 is 5.53. The van der Waals surface area contributed by atoms with E-state index in [0.29, 0.717) is 30.8 Å². The van der Waals surface area contributed by atoms with Gasteiger partial charge in [-0.3, -0.25) is 4.79 Å². The molecule has 2 aromatic rings. The van der Waals surface area contributed by atoms with Gasteiger partial charge >= 0.3 is 5.63 Å². The molecular formula is C25H32N2O4. The molecule has 1 aromatic heterocycles. The fraction of sp³-hybridized carbons (Fsp3) is 0.520. The molecule has 2 saturated heterocycles. The minimum atomic E-state index is -0.546. The van der Waals surface area contributed by atoms with Crippen molar-refractivity contribution in [2.24, 2.45) is 5.41 Å². The second-order valence-electron chi connectivity index (χ2n) is 9.03. The molecule has 6 nitrogen and oxygen atoms in total. The quantitative estimate of drug-likeness (QED) is 0.745. The van der Waals surface area contributed by atoms with Gasteiger partial charge in [0.2, 0.25) is 0 Å². The lowest BCUT2D eigenvalue weighted by Gasteiger charge is -2.50. The molecule has 166 valence electrons. The number of fused-ring (bicyclic) bond motifs is 1. The Morgan fingerprint density at radius 1 is 1.26 bits per heavy atom. The van der Waals surface area contributed by atoms with Crippen molar-refractivity contribution in [3.8, 4) is 0 Å². The van der Waals surface area contributed by atoms with E-state index in [2.05, 4.69) is 17.4 Å². The molecule has 0 saturated carbocycles. The summed E-state index contributed by atoms with van der Waals surface area (Å²) in [5, 5.41) is 13.4. The van der Waals surface area contributed by atoms with Crippen LogP contribution in [0.25, 0.3) is 0 Å². The third-order valence-electron chi connectivity index (χ3n) is 7.01. The molecule has 2 N–H and O–H groups in total. The number of hydrogen-bond acceptors (Lipinski definition) is 5. The van der Waals surface area contributed by atoms with Gasteiger partial charge in [0.25, 0.3) is 5.91 Å². The van der Waals surface area contributed by atoms with Gasteiger partial charge in [-0.25, -0.2) is 4.79 Å². The Hall–Kier alpha value is -2.44. The Bertz CT molecular complexity index is 971. The highest BCUT2D eigenvalue weighted by Crippen LogP contribution is 2.38. The standard InChI is InChI=1S/C25H32N2O4/c1-18-15-20(10-5-9-19-7-3-2-4-8-19)31-24(30)22(18)23(29)27-14-12-25(17-28)11-6-13-26-21(25)16-27/h2-4,7-8,15,21,26,28H,5-6,9-14,16-17H2,1H3/t21-,25-/m1/s1. The second-order valence-corrected chi connectivity index (χ2v) is 9.03. The number of aryl methyl sites for hydroxylation is 3. The summed E-state index contributed by atoms with van der Waals surface area (Å²) in [5.74, 6) is 0.364. The first-order valence-electron chi connectivity index (χ1n) is 11.3. The molecule has 4 rings (SSSR count). The Morgan fingerprint density at radius 3 is 2.81 bits per heavy atom. The number of carbonyl (C=O) groups is 1. The molecule has 2 aliphatic heterocycles. The molecule has 1 amide bonds. The van der Waals surface area contributed by atoms with Crippen LogP contribution in [-0.2, 0) is 12.8 Å². The van der Waals surface area contributed by atoms with Gasteiger partial charge in [0, 0.05) is 31.0 Å². The number of aliphatic hydroxyl groups excluding tert-OH is 1. The summed E-state index contributed by atoms with van der Waals surface area (Å²) in [4.78, 5) is 27.6. The zero-order chi connectivity index (χ0) is 21.8. The van der Waals surface area contributed by atoms with Gasteiger partial charge < -0.3 is 19.7 Å². The molecule has 0 bridgehead atoms. The Balaban J connectivity index is 1.43. The maximum Gasteiger partial charge on any atom is 0.349 e. The van der Waals surface area contributed by atoms with Crippen molar-refractivity contribution in [3.05, 3.63) is 69.3 Å². The van der Waals surface area contributed by atoms with E-state index in [1.807, 2.05) is 31.2 Å². The monoisotopic (exact) mass is 424 g/mol. The summed E-state index contributed by atoms with van der Waals surface area (Å²) in [6.07, 6.45) is 5.21. The molecule has 0 unspecified atom stereocenters. The van der Waals surface area contributed by atoms with E-state index in [4.69, 9.17) is 4.42 Å². The van der Waals surface area contributed by atoms with Crippen molar-refractivity contribution < 1.29 is 14.3 Å². The molecule has 3 heterocycles. The van der Waals surface area contributed by atoms with Crippen molar-refractivity contribution in [2.75, 3.05) is 26.2 Å². The van der Waals surface area contributed by atoms with Crippen LogP contribution in [0.3, 0.4) is 0 Å². The highest BCUT2D eigenvalue weighted by molar-refractivity contribution is 5.95. The van der Waals surface area contributed by atoms with Crippen molar-refractivity contribution in [1.82, 2.24) is 10.2 Å². The zero-order valence-electron chi connectivity index (χ0n) is 18.2. The number of nitrogens with zero attached hydrogens (tertiary/aromatic N) is 1. The van der Waals surface area contributed by atoms with Gasteiger partial charge in [-0.2, -0.15) is 0 Å². The van der Waals surface area contributed by atoms with Crippen molar-refractivity contribution in [3.63, 3.8) is 0 Å². The number of aliphatic hydroxyl groups is 1. The van der Waals surface area contributed by atoms with E-state index in [-0.39, 0.29) is 29.5 Å². The third kappa shape index (κ3) is 4.60. The summed E-state index contributed by atoms with van der Waals surface area (Å²) >= 11 is 0. The molecule has 0 radical (unpaired) electrons. The van der Waals surface area contributed by atoms with Crippen LogP contribution in [0, 0.1) is 12.3 Å². The van der Waals surface area contributed by atoms with E-state index < -0.39 is 5.63 Å². The van der Waals surface area contributed by atoms with Crippen molar-refractivity contribution >= 4 is 5.91 Å². The van der Waals surface area contributed by atoms with Crippen LogP contribution in [0.4, 0.5) is 0 Å². The smallest absolute Gasteiger partial charge is 0.349 e. The molecule has 2 aliphatic rings. The third-order valence-corrected chi connectivity index (χ3v) is 7.01. The largest absolute Gasteiger partial charge is 0.427 e. The van der Waals surface area contributed by atoms with Crippen LogP contribution in [0.15, 0.2) is 45.6 Å². The molecular weight excluding hydrogens is 392 g/mol. The normalized spacial score (nSPS) is 23.4. The number of amides is 1. The van der Waals surface area contributed by atoms with Crippen LogP contribution in [0.1, 0.15) is 52.9 Å². The average molecular weight is 425 g/mol. The first kappa shape index (κ1) is 21.8. The second kappa shape index (κ2) is 9.37. The first-order chi connectivity index (χ1) is 15.0. The topological polar surface area (TPSA) is 82.8 Å². The minimum absolute atomic E-state index is 0.0635. The molecule has 31 heavy (non-hydrogen) atoms. The van der Waals surface area contributed by atoms with Gasteiger partial charge in [0.1, 0.15) is 11.3 Å². The van der Waals surface area contributed by atoms with Crippen molar-refractivity contribution in [2.45, 2.75) is 51.5 Å². The van der Waals surface area contributed by atoms with Gasteiger partial charge in [0.15, 0.2) is 0 Å². The highest BCUT2D eigenvalue weighted by atomic mass is 16.4. The van der Waals surface area contributed by atoms with E-state index in [9.17, 15) is 14.7 Å². The zero-order valence-corrected chi connectivity index (χ0v) is 18.2. The molecule has 6 heteroatoms. The minimum Gasteiger partial charge on any atom is -0.427 e. The first-order valence-corrected chi connectivity index (χ1v) is 11.3. The molecule has 1 aromatic carbocycles. The number of likely N-dealkylation sites (tertiary alicyclic amines) is 1. The summed E-state index contributed by atoms with van der Waals surface area (Å²) in [6.45, 7) is 3.90. The Morgan fingerprint density at radius 2 is 2.06 bits per heavy atom. The van der Waals surface area contributed by atoms with Crippen LogP contribution >= 0.6 is 0 Å². The number of nitrogens with one attached hydrogen (secondary N) is 1. The Kier molecular flexibility index (Phi) is 6.58. The van der Waals surface area contributed by atoms with E-state index in [1.165, 1.54) is 5.56 Å². The van der Waals surface area contributed by atoms with Gasteiger partial charge in [-0.05, 0) is 62.8 Å². The number of carbonyl (C=O) groups excluding carboxylic acids is 1. The number of rotatable bonds is 6. The van der Waals surface area contributed by atoms with Gasteiger partial charge in [-0.1, -0.05) is 30.3 Å². The lowest BCUT2D eigenvalue weighted by Crippen LogP contribution is -2.62. The average Bonchev–Trinajstić information content (AvgIpc) is 2.79. The predicted molar refractivity (Wildman–Crippen MR) is 119 cm³/mol. The molecule has 0 aliphatic carbocycles. The number of benzene rings is 1. The van der Waals surface area contributed by atoms with Crippen LogP contribution in [0.5, 0.6) is 0 Å². The molecule has 0 spiro atoms. The fourth-order valence-electron chi connectivity index (χ4n) is 5.11. The van der Waals surface area contributed by atoms with E-state index in [1.54, 1.807) is 4.90 Å². The van der Waals surface area contributed by atoms with Gasteiger partial charge in [0.05, 0.1) is 6.61 Å². The maximum absolute atomic E-state index is 13.2. The Labute approximate surface area is 183 Å². The van der Waals surface area contributed by atoms with E-state index in [0.717, 1.165) is 38.6 Å². The lowest BCUT2D eigenvalue weighted by atomic mass is 9.70. The molecule has 2 fully saturated rings. The van der Waals surface area contributed by atoms with Gasteiger partial charge in [-0.15, -0.1) is 0 Å².